The number of benzene rings is 1. The number of carbonyl (C=O) groups is 3. The van der Waals surface area contributed by atoms with E-state index in [2.05, 4.69) is 10.3 Å². The lowest BCUT2D eigenvalue weighted by molar-refractivity contribution is -0.125. The van der Waals surface area contributed by atoms with Crippen LogP contribution in [0.3, 0.4) is 0 Å². The van der Waals surface area contributed by atoms with E-state index in [-0.39, 0.29) is 43.2 Å². The minimum Gasteiger partial charge on any atom is -0.318 e. The Hall–Kier alpha value is -2.81. The summed E-state index contributed by atoms with van der Waals surface area (Å²) in [4.78, 5) is 43.4. The van der Waals surface area contributed by atoms with Crippen molar-refractivity contribution in [2.45, 2.75) is 19.8 Å². The first kappa shape index (κ1) is 19.0. The van der Waals surface area contributed by atoms with Gasteiger partial charge in [-0.25, -0.2) is 14.2 Å². The number of urea groups is 1. The predicted molar refractivity (Wildman–Crippen MR) is 99.8 cm³/mol. The number of thiazole rings is 1. The fraction of sp³-hybridized carbons (Fsp3) is 0.333. The average Bonchev–Trinajstić information content (AvgIpc) is 3.09. The van der Waals surface area contributed by atoms with Crippen LogP contribution in [-0.2, 0) is 9.59 Å². The Morgan fingerprint density at radius 2 is 2.00 bits per heavy atom. The molecule has 1 aliphatic rings. The molecule has 0 radical (unpaired) electrons. The number of likely N-dealkylation sites (N-methyl/N-ethyl adjacent to an activating group) is 1. The van der Waals surface area contributed by atoms with Crippen molar-refractivity contribution in [2.75, 3.05) is 25.5 Å². The maximum atomic E-state index is 13.1. The van der Waals surface area contributed by atoms with Crippen LogP contribution in [0.1, 0.15) is 17.7 Å². The van der Waals surface area contributed by atoms with Crippen molar-refractivity contribution in [2.24, 2.45) is 0 Å². The van der Waals surface area contributed by atoms with Crippen molar-refractivity contribution >= 4 is 34.3 Å². The first-order valence-corrected chi connectivity index (χ1v) is 9.25. The minimum absolute atomic E-state index is 0.0790. The molecule has 0 unspecified atom stereocenters. The highest BCUT2D eigenvalue weighted by atomic mass is 32.1. The van der Waals surface area contributed by atoms with E-state index in [0.717, 1.165) is 15.3 Å². The molecule has 2 aromatic rings. The Balaban J connectivity index is 1.54. The summed E-state index contributed by atoms with van der Waals surface area (Å²) in [7, 11) is 1.57. The molecule has 4 amide bonds. The Morgan fingerprint density at radius 3 is 2.63 bits per heavy atom. The fourth-order valence-electron chi connectivity index (χ4n) is 2.79. The van der Waals surface area contributed by atoms with Crippen LogP contribution in [0.4, 0.5) is 14.3 Å². The molecule has 0 bridgehead atoms. The standard InChI is InChI=1S/C18H19FN4O3S/c1-11-16(12-5-7-13(19)8-6-12)21-17(27-11)20-14(24)4-3-9-23-15(25)10-22(2)18(23)26/h5-8H,3-4,9-10H2,1-2H3,(H,20,21,24). The maximum Gasteiger partial charge on any atom is 0.326 e. The number of aromatic nitrogens is 1. The summed E-state index contributed by atoms with van der Waals surface area (Å²) >= 11 is 1.34. The summed E-state index contributed by atoms with van der Waals surface area (Å²) in [5.41, 5.74) is 1.48. The second-order valence-corrected chi connectivity index (χ2v) is 7.47. The highest BCUT2D eigenvalue weighted by molar-refractivity contribution is 7.16. The summed E-state index contributed by atoms with van der Waals surface area (Å²) in [5, 5.41) is 3.20. The zero-order chi connectivity index (χ0) is 19.6. The molecule has 1 saturated heterocycles. The van der Waals surface area contributed by atoms with Gasteiger partial charge in [0.1, 0.15) is 12.4 Å². The molecule has 1 aromatic heterocycles. The van der Waals surface area contributed by atoms with Gasteiger partial charge in [0.2, 0.25) is 11.8 Å². The van der Waals surface area contributed by atoms with E-state index >= 15 is 0 Å². The van der Waals surface area contributed by atoms with Gasteiger partial charge in [-0.1, -0.05) is 0 Å². The third-order valence-electron chi connectivity index (χ3n) is 4.18. The average molecular weight is 390 g/mol. The van der Waals surface area contributed by atoms with Gasteiger partial charge in [0.15, 0.2) is 5.13 Å². The molecule has 2 heterocycles. The van der Waals surface area contributed by atoms with Crippen molar-refractivity contribution in [3.8, 4) is 11.3 Å². The molecular weight excluding hydrogens is 371 g/mol. The smallest absolute Gasteiger partial charge is 0.318 e. The van der Waals surface area contributed by atoms with E-state index in [1.807, 2.05) is 6.92 Å². The van der Waals surface area contributed by atoms with Gasteiger partial charge in [-0.2, -0.15) is 0 Å². The van der Waals surface area contributed by atoms with Crippen LogP contribution in [0.5, 0.6) is 0 Å². The zero-order valence-electron chi connectivity index (χ0n) is 15.0. The summed E-state index contributed by atoms with van der Waals surface area (Å²) in [6.07, 6.45) is 0.553. The number of rotatable bonds is 6. The number of halogens is 1. The van der Waals surface area contributed by atoms with Gasteiger partial charge >= 0.3 is 6.03 Å². The van der Waals surface area contributed by atoms with Crippen LogP contribution in [-0.4, -0.2) is 52.8 Å². The number of aryl methyl sites for hydroxylation is 1. The first-order valence-electron chi connectivity index (χ1n) is 8.44. The number of imide groups is 1. The van der Waals surface area contributed by atoms with Gasteiger partial charge in [0.05, 0.1) is 5.69 Å². The minimum atomic E-state index is -0.333. The van der Waals surface area contributed by atoms with Gasteiger partial charge < -0.3 is 10.2 Å². The number of nitrogens with one attached hydrogen (secondary N) is 1. The highest BCUT2D eigenvalue weighted by Crippen LogP contribution is 2.30. The van der Waals surface area contributed by atoms with Gasteiger partial charge in [-0.3, -0.25) is 14.5 Å². The quantitative estimate of drug-likeness (QED) is 0.769. The van der Waals surface area contributed by atoms with Crippen molar-refractivity contribution in [1.29, 1.82) is 0 Å². The molecule has 1 fully saturated rings. The Bertz CT molecular complexity index is 881. The summed E-state index contributed by atoms with van der Waals surface area (Å²) in [6.45, 7) is 2.18. The van der Waals surface area contributed by atoms with Crippen LogP contribution < -0.4 is 5.32 Å². The van der Waals surface area contributed by atoms with Crippen molar-refractivity contribution in [1.82, 2.24) is 14.8 Å². The second kappa shape index (κ2) is 7.83. The van der Waals surface area contributed by atoms with E-state index in [4.69, 9.17) is 0 Å². The summed E-state index contributed by atoms with van der Waals surface area (Å²) in [5.74, 6) is -0.800. The topological polar surface area (TPSA) is 82.6 Å². The van der Waals surface area contributed by atoms with Gasteiger partial charge in [0.25, 0.3) is 0 Å². The lowest BCUT2D eigenvalue weighted by atomic mass is 10.1. The van der Waals surface area contributed by atoms with Crippen LogP contribution in [0.25, 0.3) is 11.3 Å². The van der Waals surface area contributed by atoms with Gasteiger partial charge in [0, 0.05) is 30.5 Å². The van der Waals surface area contributed by atoms with Crippen molar-refractivity contribution in [3.05, 3.63) is 35.0 Å². The predicted octanol–water partition coefficient (Wildman–Crippen LogP) is 2.87. The van der Waals surface area contributed by atoms with Crippen LogP contribution in [0.15, 0.2) is 24.3 Å². The Morgan fingerprint density at radius 1 is 1.30 bits per heavy atom. The number of carbonyl (C=O) groups excluding carboxylic acids is 3. The fourth-order valence-corrected chi connectivity index (χ4v) is 3.65. The molecule has 1 aromatic carbocycles. The number of amides is 4. The SMILES string of the molecule is Cc1sc(NC(=O)CCCN2C(=O)CN(C)C2=O)nc1-c1ccc(F)cc1. The zero-order valence-corrected chi connectivity index (χ0v) is 15.8. The van der Waals surface area contributed by atoms with E-state index in [1.54, 1.807) is 19.2 Å². The maximum absolute atomic E-state index is 13.1. The Kier molecular flexibility index (Phi) is 5.50. The lowest BCUT2D eigenvalue weighted by Gasteiger charge is -2.13. The van der Waals surface area contributed by atoms with Gasteiger partial charge in [-0.15, -0.1) is 11.3 Å². The van der Waals surface area contributed by atoms with Crippen molar-refractivity contribution in [3.63, 3.8) is 0 Å². The lowest BCUT2D eigenvalue weighted by Crippen LogP contribution is -2.32. The van der Waals surface area contributed by atoms with Crippen molar-refractivity contribution < 1.29 is 18.8 Å². The number of hydrogen-bond donors (Lipinski definition) is 1. The monoisotopic (exact) mass is 390 g/mol. The first-order chi connectivity index (χ1) is 12.8. The number of anilines is 1. The third-order valence-corrected chi connectivity index (χ3v) is 5.06. The molecule has 0 atom stereocenters. The number of nitrogens with zero attached hydrogens (tertiary/aromatic N) is 3. The summed E-state index contributed by atoms with van der Waals surface area (Å²) in [6, 6.07) is 5.68. The van der Waals surface area contributed by atoms with E-state index < -0.39 is 0 Å². The molecule has 1 aliphatic heterocycles. The third kappa shape index (κ3) is 4.30. The molecule has 9 heteroatoms. The van der Waals surface area contributed by atoms with Gasteiger partial charge in [-0.05, 0) is 37.6 Å². The summed E-state index contributed by atoms with van der Waals surface area (Å²) < 4.78 is 13.1. The molecule has 7 nitrogen and oxygen atoms in total. The molecule has 142 valence electrons. The number of hydrogen-bond acceptors (Lipinski definition) is 5. The van der Waals surface area contributed by atoms with Crippen LogP contribution in [0, 0.1) is 12.7 Å². The molecule has 0 aliphatic carbocycles. The molecular formula is C18H19FN4O3S. The largest absolute Gasteiger partial charge is 0.326 e. The molecule has 0 saturated carbocycles. The normalized spacial score (nSPS) is 14.2. The molecule has 1 N–H and O–H groups in total. The molecule has 27 heavy (non-hydrogen) atoms. The Labute approximate surface area is 159 Å². The van der Waals surface area contributed by atoms with Crippen LogP contribution in [0.2, 0.25) is 0 Å². The highest BCUT2D eigenvalue weighted by Gasteiger charge is 2.32. The van der Waals surface area contributed by atoms with Crippen LogP contribution >= 0.6 is 11.3 Å². The van der Waals surface area contributed by atoms with E-state index in [9.17, 15) is 18.8 Å². The molecule has 0 spiro atoms. The molecule has 3 rings (SSSR count). The van der Waals surface area contributed by atoms with E-state index in [1.165, 1.54) is 28.4 Å². The second-order valence-electron chi connectivity index (χ2n) is 6.27. The van der Waals surface area contributed by atoms with E-state index in [0.29, 0.717) is 17.2 Å².